The maximum Gasteiger partial charge on any atom is 0.416 e. The molecule has 1 aliphatic heterocycles. The van der Waals surface area contributed by atoms with Crippen molar-refractivity contribution in [2.75, 3.05) is 0 Å². The van der Waals surface area contributed by atoms with Gasteiger partial charge in [-0.2, -0.15) is 13.2 Å². The molecule has 0 fully saturated rings. The van der Waals surface area contributed by atoms with E-state index in [1.807, 2.05) is 0 Å². The third kappa shape index (κ3) is 4.71. The fourth-order valence-corrected chi connectivity index (χ4v) is 3.21. The number of benzene rings is 2. The van der Waals surface area contributed by atoms with E-state index in [1.165, 1.54) is 6.92 Å². The van der Waals surface area contributed by atoms with E-state index in [2.05, 4.69) is 10.6 Å². The monoisotopic (exact) mass is 424 g/mol. The number of carbonyl (C=O) groups excluding carboxylic acids is 2. The Kier molecular flexibility index (Phi) is 5.83. The van der Waals surface area contributed by atoms with Gasteiger partial charge in [0.1, 0.15) is 6.61 Å². The zero-order chi connectivity index (χ0) is 21.2. The van der Waals surface area contributed by atoms with E-state index in [0.717, 1.165) is 18.2 Å². The van der Waals surface area contributed by atoms with Gasteiger partial charge in [0, 0.05) is 10.7 Å². The van der Waals surface area contributed by atoms with Gasteiger partial charge in [-0.1, -0.05) is 41.9 Å². The van der Waals surface area contributed by atoms with Crippen LogP contribution in [0.15, 0.2) is 59.8 Å². The van der Waals surface area contributed by atoms with Gasteiger partial charge in [0.2, 0.25) is 0 Å². The minimum Gasteiger partial charge on any atom is -0.457 e. The van der Waals surface area contributed by atoms with Crippen LogP contribution in [0.3, 0.4) is 0 Å². The summed E-state index contributed by atoms with van der Waals surface area (Å²) in [5.74, 6) is -0.850. The average Bonchev–Trinajstić information content (AvgIpc) is 2.65. The number of nitrogens with one attached hydrogen (secondary N) is 2. The molecule has 1 aliphatic rings. The van der Waals surface area contributed by atoms with Crippen molar-refractivity contribution in [3.05, 3.63) is 81.5 Å². The van der Waals surface area contributed by atoms with Crippen LogP contribution in [-0.4, -0.2) is 12.0 Å². The summed E-state index contributed by atoms with van der Waals surface area (Å²) in [7, 11) is 0. The van der Waals surface area contributed by atoms with E-state index in [4.69, 9.17) is 16.3 Å². The topological polar surface area (TPSA) is 67.4 Å². The Morgan fingerprint density at radius 3 is 2.52 bits per heavy atom. The first kappa shape index (κ1) is 20.7. The maximum atomic E-state index is 13.5. The molecule has 1 unspecified atom stereocenters. The highest BCUT2D eigenvalue weighted by atomic mass is 35.5. The van der Waals surface area contributed by atoms with Gasteiger partial charge in [0.25, 0.3) is 0 Å². The van der Waals surface area contributed by atoms with Gasteiger partial charge in [-0.3, -0.25) is 0 Å². The zero-order valence-electron chi connectivity index (χ0n) is 15.1. The lowest BCUT2D eigenvalue weighted by Crippen LogP contribution is -2.45. The molecule has 29 heavy (non-hydrogen) atoms. The Bertz CT molecular complexity index is 975. The van der Waals surface area contributed by atoms with Crippen molar-refractivity contribution < 1.29 is 27.5 Å². The second-order valence-electron chi connectivity index (χ2n) is 6.36. The molecule has 2 N–H and O–H groups in total. The van der Waals surface area contributed by atoms with Crippen molar-refractivity contribution >= 4 is 23.6 Å². The Balaban J connectivity index is 1.99. The Morgan fingerprint density at radius 1 is 1.17 bits per heavy atom. The number of rotatable bonds is 4. The molecule has 0 saturated carbocycles. The predicted octanol–water partition coefficient (Wildman–Crippen LogP) is 4.73. The van der Waals surface area contributed by atoms with Crippen LogP contribution in [0.4, 0.5) is 18.0 Å². The molecule has 2 amide bonds. The van der Waals surface area contributed by atoms with Crippen molar-refractivity contribution in [3.8, 4) is 0 Å². The average molecular weight is 425 g/mol. The normalized spacial score (nSPS) is 16.9. The summed E-state index contributed by atoms with van der Waals surface area (Å²) in [6.07, 6.45) is -4.71. The molecular weight excluding hydrogens is 409 g/mol. The SMILES string of the molecule is CC1=C(C(=O)OCc2ccccc2)C(c2cc(Cl)ccc2C(F)(F)F)NC(=O)N1. The lowest BCUT2D eigenvalue weighted by atomic mass is 9.91. The standard InChI is InChI=1S/C20H16ClF3N2O3/c1-11-16(18(27)29-10-12-5-3-2-4-6-12)17(26-19(28)25-11)14-9-13(21)7-8-15(14)20(22,23)24/h2-9,17H,10H2,1H3,(H2,25,26,28). The number of hydrogen-bond acceptors (Lipinski definition) is 3. The van der Waals surface area contributed by atoms with Crippen LogP contribution in [0, 0.1) is 0 Å². The molecule has 0 saturated heterocycles. The van der Waals surface area contributed by atoms with Crippen molar-refractivity contribution in [2.24, 2.45) is 0 Å². The summed E-state index contributed by atoms with van der Waals surface area (Å²) in [4.78, 5) is 24.7. The van der Waals surface area contributed by atoms with E-state index < -0.39 is 29.8 Å². The maximum absolute atomic E-state index is 13.5. The van der Waals surface area contributed by atoms with E-state index in [-0.39, 0.29) is 28.5 Å². The van der Waals surface area contributed by atoms with E-state index in [9.17, 15) is 22.8 Å². The molecule has 2 aromatic carbocycles. The van der Waals surface area contributed by atoms with Crippen molar-refractivity contribution in [1.29, 1.82) is 0 Å². The number of alkyl halides is 3. The molecule has 1 heterocycles. The summed E-state index contributed by atoms with van der Waals surface area (Å²) >= 11 is 5.90. The van der Waals surface area contributed by atoms with Crippen molar-refractivity contribution in [3.63, 3.8) is 0 Å². The minimum absolute atomic E-state index is 0.0374. The number of carbonyl (C=O) groups is 2. The first-order valence-electron chi connectivity index (χ1n) is 8.53. The molecule has 152 valence electrons. The van der Waals surface area contributed by atoms with E-state index in [0.29, 0.717) is 5.56 Å². The summed E-state index contributed by atoms with van der Waals surface area (Å²) in [6.45, 7) is 1.35. The summed E-state index contributed by atoms with van der Waals surface area (Å²) in [5.41, 5.74) is -0.665. The molecule has 0 spiro atoms. The molecule has 2 aromatic rings. The second-order valence-corrected chi connectivity index (χ2v) is 6.80. The van der Waals surface area contributed by atoms with Gasteiger partial charge in [0.15, 0.2) is 0 Å². The van der Waals surface area contributed by atoms with Crippen LogP contribution in [0.25, 0.3) is 0 Å². The van der Waals surface area contributed by atoms with Crippen LogP contribution >= 0.6 is 11.6 Å². The van der Waals surface area contributed by atoms with Gasteiger partial charge in [-0.15, -0.1) is 0 Å². The van der Waals surface area contributed by atoms with Gasteiger partial charge < -0.3 is 15.4 Å². The Morgan fingerprint density at radius 2 is 1.86 bits per heavy atom. The van der Waals surface area contributed by atoms with Gasteiger partial charge in [-0.05, 0) is 36.2 Å². The van der Waals surface area contributed by atoms with Crippen molar-refractivity contribution in [1.82, 2.24) is 10.6 Å². The summed E-state index contributed by atoms with van der Waals surface area (Å²) in [5, 5.41) is 4.80. The lowest BCUT2D eigenvalue weighted by molar-refractivity contribution is -0.142. The van der Waals surface area contributed by atoms with Crippen LogP contribution in [0.2, 0.25) is 5.02 Å². The first-order chi connectivity index (χ1) is 13.7. The van der Waals surface area contributed by atoms with Crippen LogP contribution in [0.5, 0.6) is 0 Å². The molecular formula is C20H16ClF3N2O3. The number of esters is 1. The number of ether oxygens (including phenoxy) is 1. The molecule has 5 nitrogen and oxygen atoms in total. The number of urea groups is 1. The molecule has 0 bridgehead atoms. The third-order valence-corrected chi connectivity index (χ3v) is 4.57. The fraction of sp³-hybridized carbons (Fsp3) is 0.200. The zero-order valence-corrected chi connectivity index (χ0v) is 15.9. The molecule has 3 rings (SSSR count). The Labute approximate surface area is 169 Å². The minimum atomic E-state index is -4.71. The number of amides is 2. The molecule has 0 aromatic heterocycles. The van der Waals surface area contributed by atoms with Crippen LogP contribution in [-0.2, 0) is 22.3 Å². The molecule has 0 aliphatic carbocycles. The van der Waals surface area contributed by atoms with Crippen LogP contribution < -0.4 is 10.6 Å². The largest absolute Gasteiger partial charge is 0.457 e. The van der Waals surface area contributed by atoms with E-state index in [1.54, 1.807) is 30.3 Å². The Hall–Kier alpha value is -3.00. The van der Waals surface area contributed by atoms with Gasteiger partial charge >= 0.3 is 18.2 Å². The fourth-order valence-electron chi connectivity index (χ4n) is 3.03. The lowest BCUT2D eigenvalue weighted by Gasteiger charge is -2.30. The first-order valence-corrected chi connectivity index (χ1v) is 8.90. The second kappa shape index (κ2) is 8.16. The van der Waals surface area contributed by atoms with Crippen LogP contribution in [0.1, 0.15) is 29.7 Å². The number of allylic oxidation sites excluding steroid dienone is 1. The van der Waals surface area contributed by atoms with Gasteiger partial charge in [0.05, 0.1) is 17.2 Å². The highest BCUT2D eigenvalue weighted by molar-refractivity contribution is 6.30. The highest BCUT2D eigenvalue weighted by Crippen LogP contribution is 2.39. The number of halogens is 4. The van der Waals surface area contributed by atoms with Crippen molar-refractivity contribution in [2.45, 2.75) is 25.7 Å². The summed E-state index contributed by atoms with van der Waals surface area (Å²) in [6, 6.07) is 9.69. The van der Waals surface area contributed by atoms with E-state index >= 15 is 0 Å². The third-order valence-electron chi connectivity index (χ3n) is 4.33. The highest BCUT2D eigenvalue weighted by Gasteiger charge is 2.40. The smallest absolute Gasteiger partial charge is 0.416 e. The number of hydrogen-bond donors (Lipinski definition) is 2. The predicted molar refractivity (Wildman–Crippen MR) is 99.8 cm³/mol. The summed E-state index contributed by atoms with van der Waals surface area (Å²) < 4.78 is 45.8. The molecule has 0 radical (unpaired) electrons. The molecule has 1 atom stereocenters. The molecule has 9 heteroatoms. The quantitative estimate of drug-likeness (QED) is 0.697. The van der Waals surface area contributed by atoms with Gasteiger partial charge in [-0.25, -0.2) is 9.59 Å².